The number of hydrogen-bond donors (Lipinski definition) is 1. The number of para-hydroxylation sites is 1. The van der Waals surface area contributed by atoms with Gasteiger partial charge in [0.25, 0.3) is 0 Å². The van der Waals surface area contributed by atoms with Gasteiger partial charge in [0.15, 0.2) is 5.78 Å². The van der Waals surface area contributed by atoms with E-state index in [0.29, 0.717) is 24.2 Å². The average Bonchev–Trinajstić information content (AvgIpc) is 3.20. The van der Waals surface area contributed by atoms with Crippen molar-refractivity contribution in [3.63, 3.8) is 0 Å². The quantitative estimate of drug-likeness (QED) is 0.651. The Balaban J connectivity index is 1.53. The molecule has 0 unspecified atom stereocenters. The number of aryl methyl sites for hydroxylation is 1. The molecule has 140 valence electrons. The Morgan fingerprint density at radius 1 is 1.15 bits per heavy atom. The van der Waals surface area contributed by atoms with Gasteiger partial charge in [-0.1, -0.05) is 18.2 Å². The maximum Gasteiger partial charge on any atom is 0.241 e. The smallest absolute Gasteiger partial charge is 0.241 e. The van der Waals surface area contributed by atoms with Crippen molar-refractivity contribution in [2.24, 2.45) is 0 Å². The topological polar surface area (TPSA) is 81.8 Å². The average molecular weight is 365 g/mol. The van der Waals surface area contributed by atoms with Crippen LogP contribution in [0.25, 0.3) is 5.69 Å². The van der Waals surface area contributed by atoms with Crippen molar-refractivity contribution in [2.45, 2.75) is 33.7 Å². The normalized spacial score (nSPS) is 10.8. The highest BCUT2D eigenvalue weighted by molar-refractivity contribution is 5.96. The molecule has 0 radical (unpaired) electrons. The zero-order valence-corrected chi connectivity index (χ0v) is 15.8. The van der Waals surface area contributed by atoms with Crippen molar-refractivity contribution in [2.75, 3.05) is 6.54 Å². The van der Waals surface area contributed by atoms with Crippen molar-refractivity contribution in [3.8, 4) is 5.69 Å². The van der Waals surface area contributed by atoms with Crippen molar-refractivity contribution >= 4 is 11.7 Å². The molecule has 0 aliphatic rings. The van der Waals surface area contributed by atoms with Crippen LogP contribution in [0.2, 0.25) is 0 Å². The van der Waals surface area contributed by atoms with Crippen molar-refractivity contribution in [3.05, 3.63) is 65.2 Å². The summed E-state index contributed by atoms with van der Waals surface area (Å²) < 4.78 is 3.39. The molecule has 1 N–H and O–H groups in total. The molecule has 2 heterocycles. The van der Waals surface area contributed by atoms with Crippen LogP contribution < -0.4 is 5.32 Å². The molecule has 0 bridgehead atoms. The third-order valence-corrected chi connectivity index (χ3v) is 4.42. The number of amides is 1. The van der Waals surface area contributed by atoms with Gasteiger partial charge in [-0.05, 0) is 44.9 Å². The summed E-state index contributed by atoms with van der Waals surface area (Å²) in [6.07, 6.45) is 4.45. The molecule has 1 amide bonds. The highest BCUT2D eigenvalue weighted by Crippen LogP contribution is 2.13. The van der Waals surface area contributed by atoms with E-state index in [1.165, 1.54) is 6.92 Å². The van der Waals surface area contributed by atoms with Crippen molar-refractivity contribution < 1.29 is 9.59 Å². The van der Waals surface area contributed by atoms with Gasteiger partial charge >= 0.3 is 0 Å². The summed E-state index contributed by atoms with van der Waals surface area (Å²) in [7, 11) is 0. The van der Waals surface area contributed by atoms with E-state index in [1.54, 1.807) is 17.8 Å². The van der Waals surface area contributed by atoms with E-state index in [4.69, 9.17) is 0 Å². The van der Waals surface area contributed by atoms with Gasteiger partial charge in [-0.2, -0.15) is 10.2 Å². The van der Waals surface area contributed by atoms with E-state index < -0.39 is 0 Å². The monoisotopic (exact) mass is 365 g/mol. The Hall–Kier alpha value is -3.22. The van der Waals surface area contributed by atoms with Gasteiger partial charge in [0.05, 0.1) is 23.1 Å². The van der Waals surface area contributed by atoms with E-state index in [9.17, 15) is 9.59 Å². The molecule has 2 aromatic heterocycles. The van der Waals surface area contributed by atoms with Crippen LogP contribution in [-0.2, 0) is 17.8 Å². The van der Waals surface area contributed by atoms with Crippen LogP contribution in [0.5, 0.6) is 0 Å². The summed E-state index contributed by atoms with van der Waals surface area (Å²) in [6, 6.07) is 9.87. The zero-order valence-electron chi connectivity index (χ0n) is 15.8. The van der Waals surface area contributed by atoms with Gasteiger partial charge in [-0.15, -0.1) is 0 Å². The molecule has 0 aliphatic heterocycles. The molecule has 0 saturated heterocycles. The van der Waals surface area contributed by atoms with Crippen LogP contribution in [0.1, 0.15) is 34.2 Å². The summed E-state index contributed by atoms with van der Waals surface area (Å²) in [5, 5.41) is 11.5. The van der Waals surface area contributed by atoms with Gasteiger partial charge in [-0.25, -0.2) is 4.68 Å². The minimum Gasteiger partial charge on any atom is -0.354 e. The van der Waals surface area contributed by atoms with E-state index in [-0.39, 0.29) is 18.2 Å². The number of aromatic nitrogens is 4. The van der Waals surface area contributed by atoms with Gasteiger partial charge in [0, 0.05) is 18.4 Å². The highest BCUT2D eigenvalue weighted by Gasteiger charge is 2.16. The number of Topliss-reactive ketones (excluding diaryl/α,β-unsaturated/α-hetero) is 1. The largest absolute Gasteiger partial charge is 0.354 e. The summed E-state index contributed by atoms with van der Waals surface area (Å²) in [4.78, 5) is 23.9. The Morgan fingerprint density at radius 2 is 1.89 bits per heavy atom. The molecule has 7 nitrogen and oxygen atoms in total. The Kier molecular flexibility index (Phi) is 5.49. The van der Waals surface area contributed by atoms with E-state index >= 15 is 0 Å². The number of carbonyl (C=O) groups is 2. The molecular weight excluding hydrogens is 342 g/mol. The van der Waals surface area contributed by atoms with Gasteiger partial charge < -0.3 is 5.32 Å². The van der Waals surface area contributed by atoms with Gasteiger partial charge in [-0.3, -0.25) is 14.3 Å². The second-order valence-corrected chi connectivity index (χ2v) is 6.49. The van der Waals surface area contributed by atoms with Crippen molar-refractivity contribution in [1.29, 1.82) is 0 Å². The number of rotatable bonds is 7. The summed E-state index contributed by atoms with van der Waals surface area (Å²) in [6.45, 7) is 5.71. The molecule has 0 fully saturated rings. The second kappa shape index (κ2) is 7.99. The molecule has 3 rings (SSSR count). The lowest BCUT2D eigenvalue weighted by Gasteiger charge is -2.06. The van der Waals surface area contributed by atoms with Crippen LogP contribution in [0.15, 0.2) is 42.7 Å². The highest BCUT2D eigenvalue weighted by atomic mass is 16.2. The molecule has 0 saturated carbocycles. The van der Waals surface area contributed by atoms with Crippen LogP contribution in [0, 0.1) is 13.8 Å². The minimum atomic E-state index is -0.133. The summed E-state index contributed by atoms with van der Waals surface area (Å²) >= 11 is 0. The van der Waals surface area contributed by atoms with E-state index in [2.05, 4.69) is 15.5 Å². The number of hydrogen-bond acceptors (Lipinski definition) is 4. The predicted octanol–water partition coefficient (Wildman–Crippen LogP) is 2.25. The molecule has 0 spiro atoms. The Labute approximate surface area is 158 Å². The lowest BCUT2D eigenvalue weighted by molar-refractivity contribution is -0.121. The summed E-state index contributed by atoms with van der Waals surface area (Å²) in [5.74, 6) is -0.168. The third kappa shape index (κ3) is 4.31. The van der Waals surface area contributed by atoms with Crippen LogP contribution >= 0.6 is 0 Å². The number of carbonyl (C=O) groups excluding carboxylic acids is 2. The molecular formula is C20H23N5O2. The molecule has 0 atom stereocenters. The first kappa shape index (κ1) is 18.6. The predicted molar refractivity (Wildman–Crippen MR) is 102 cm³/mol. The maximum atomic E-state index is 12.2. The molecule has 3 aromatic rings. The second-order valence-electron chi connectivity index (χ2n) is 6.49. The fourth-order valence-corrected chi connectivity index (χ4v) is 3.11. The number of benzene rings is 1. The molecule has 27 heavy (non-hydrogen) atoms. The first-order valence-corrected chi connectivity index (χ1v) is 8.86. The lowest BCUT2D eigenvalue weighted by atomic mass is 10.1. The standard InChI is InChI=1S/C20H23N5O2/c1-14-20(16(3)26)15(2)24(23-14)13-19(27)21-10-9-17-11-22-25(12-17)18-7-5-4-6-8-18/h4-8,11-12H,9-10,13H2,1-3H3,(H,21,27). The van der Waals surface area contributed by atoms with Crippen molar-refractivity contribution in [1.82, 2.24) is 24.9 Å². The van der Waals surface area contributed by atoms with Gasteiger partial charge in [0.1, 0.15) is 6.54 Å². The molecule has 1 aromatic carbocycles. The first-order chi connectivity index (χ1) is 13.0. The molecule has 0 aliphatic carbocycles. The van der Waals surface area contributed by atoms with Crippen LogP contribution in [0.3, 0.4) is 0 Å². The van der Waals surface area contributed by atoms with Gasteiger partial charge in [0.2, 0.25) is 5.91 Å². The SMILES string of the molecule is CC(=O)c1c(C)nn(CC(=O)NCCc2cnn(-c3ccccc3)c2)c1C. The zero-order chi connectivity index (χ0) is 19.4. The third-order valence-electron chi connectivity index (χ3n) is 4.42. The van der Waals surface area contributed by atoms with Crippen LogP contribution in [0.4, 0.5) is 0 Å². The van der Waals surface area contributed by atoms with E-state index in [0.717, 1.165) is 16.9 Å². The molecule has 7 heteroatoms. The Bertz CT molecular complexity index is 956. The van der Waals surface area contributed by atoms with Crippen LogP contribution in [-0.4, -0.2) is 37.8 Å². The van der Waals surface area contributed by atoms with E-state index in [1.807, 2.05) is 48.1 Å². The number of ketones is 1. The number of nitrogens with one attached hydrogen (secondary N) is 1. The fraction of sp³-hybridized carbons (Fsp3) is 0.300. The fourth-order valence-electron chi connectivity index (χ4n) is 3.11. The minimum absolute atomic E-state index is 0.0351. The maximum absolute atomic E-state index is 12.2. The summed E-state index contributed by atoms with van der Waals surface area (Å²) in [5.41, 5.74) is 4.01. The number of nitrogens with zero attached hydrogens (tertiary/aromatic N) is 4. The first-order valence-electron chi connectivity index (χ1n) is 8.86. The Morgan fingerprint density at radius 3 is 2.56 bits per heavy atom. The lowest BCUT2D eigenvalue weighted by Crippen LogP contribution is -2.30.